The molecule has 45 heavy (non-hydrogen) atoms. The summed E-state index contributed by atoms with van der Waals surface area (Å²) < 4.78 is 13.0. The summed E-state index contributed by atoms with van der Waals surface area (Å²) in [5.41, 5.74) is 2.52. The lowest BCUT2D eigenvalue weighted by Gasteiger charge is -2.47. The molecule has 1 atom stereocenters. The molecule has 1 spiro atoms. The van der Waals surface area contributed by atoms with Crippen molar-refractivity contribution in [1.29, 1.82) is 0 Å². The number of phenolic OH excluding ortho intramolecular Hbond substituents is 1. The van der Waals surface area contributed by atoms with E-state index in [1.54, 1.807) is 6.07 Å². The van der Waals surface area contributed by atoms with Crippen LogP contribution in [0.4, 0.5) is 0 Å². The molecule has 0 radical (unpaired) electrons. The Bertz CT molecular complexity index is 1670. The number of H-pyrrole nitrogens is 1. The van der Waals surface area contributed by atoms with Gasteiger partial charge in [0.2, 0.25) is 0 Å². The van der Waals surface area contributed by atoms with Crippen molar-refractivity contribution in [1.82, 2.24) is 19.8 Å². The van der Waals surface area contributed by atoms with Crippen LogP contribution in [0.1, 0.15) is 64.8 Å². The van der Waals surface area contributed by atoms with E-state index < -0.39 is 6.10 Å². The molecule has 12 heteroatoms. The molecule has 2 aromatic carbocycles. The Kier molecular flexibility index (Phi) is 9.86. The summed E-state index contributed by atoms with van der Waals surface area (Å²) in [6, 6.07) is 11.4. The van der Waals surface area contributed by atoms with E-state index in [0.717, 1.165) is 73.8 Å². The van der Waals surface area contributed by atoms with Crippen molar-refractivity contribution in [2.24, 2.45) is 0 Å². The van der Waals surface area contributed by atoms with Crippen molar-refractivity contribution in [3.05, 3.63) is 73.3 Å². The Morgan fingerprint density at radius 2 is 2.04 bits per heavy atom. The van der Waals surface area contributed by atoms with Gasteiger partial charge in [0, 0.05) is 37.1 Å². The largest absolute Gasteiger partial charge is 0.506 e. The minimum atomic E-state index is -0.696. The van der Waals surface area contributed by atoms with E-state index in [2.05, 4.69) is 27.0 Å². The number of carbonyl (C=O) groups excluding carboxylic acids is 1. The second kappa shape index (κ2) is 14.0. The molecule has 4 heterocycles. The quantitative estimate of drug-likeness (QED) is 0.196. The van der Waals surface area contributed by atoms with E-state index >= 15 is 0 Å². The van der Waals surface area contributed by atoms with Crippen LogP contribution in [0, 0.1) is 6.92 Å². The van der Waals surface area contributed by atoms with Gasteiger partial charge >= 0.3 is 4.87 Å². The highest BCUT2D eigenvalue weighted by Crippen LogP contribution is 2.34. The molecular formula is C33H40N4O6S2. The Labute approximate surface area is 270 Å². The highest BCUT2D eigenvalue weighted by atomic mass is 32.1. The van der Waals surface area contributed by atoms with Gasteiger partial charge in [0.05, 0.1) is 34.6 Å². The second-order valence-electron chi connectivity index (χ2n) is 12.0. The lowest BCUT2D eigenvalue weighted by atomic mass is 9.89. The van der Waals surface area contributed by atoms with Gasteiger partial charge in [-0.05, 0) is 62.8 Å². The number of rotatable bonds is 11. The van der Waals surface area contributed by atoms with Crippen molar-refractivity contribution in [3.8, 4) is 11.5 Å². The number of hydrogen-bond donors (Lipinski definition) is 3. The van der Waals surface area contributed by atoms with E-state index in [4.69, 9.17) is 9.47 Å². The fourth-order valence-corrected chi connectivity index (χ4v) is 7.84. The smallest absolute Gasteiger partial charge is 0.305 e. The first-order valence-electron chi connectivity index (χ1n) is 15.6. The van der Waals surface area contributed by atoms with Crippen LogP contribution in [0.5, 0.6) is 11.5 Å². The number of fused-ring (bicyclic) bond motifs is 1. The summed E-state index contributed by atoms with van der Waals surface area (Å²) in [6.07, 6.45) is 4.27. The summed E-state index contributed by atoms with van der Waals surface area (Å²) >= 11 is 2.52. The first kappa shape index (κ1) is 31.7. The zero-order chi connectivity index (χ0) is 31.4. The lowest BCUT2D eigenvalue weighted by Crippen LogP contribution is -2.58. The lowest BCUT2D eigenvalue weighted by molar-refractivity contribution is -0.127. The maximum Gasteiger partial charge on any atom is 0.305 e. The maximum absolute atomic E-state index is 13.0. The summed E-state index contributed by atoms with van der Waals surface area (Å²) in [5, 5.41) is 23.5. The molecule has 2 aliphatic heterocycles. The molecule has 2 fully saturated rings. The molecule has 3 N–H and O–H groups in total. The zero-order valence-corrected chi connectivity index (χ0v) is 27.1. The minimum Gasteiger partial charge on any atom is -0.506 e. The Morgan fingerprint density at radius 3 is 2.84 bits per heavy atom. The topological polar surface area (TPSA) is 128 Å². The number of ether oxygens (including phenoxy) is 2. The summed E-state index contributed by atoms with van der Waals surface area (Å²) in [5.74, 6) is 0.880. The summed E-state index contributed by atoms with van der Waals surface area (Å²) in [6.45, 7) is 6.96. The third kappa shape index (κ3) is 7.58. The van der Waals surface area contributed by atoms with E-state index in [9.17, 15) is 19.8 Å². The third-order valence-corrected chi connectivity index (χ3v) is 10.6. The van der Waals surface area contributed by atoms with E-state index in [1.165, 1.54) is 23.0 Å². The average Bonchev–Trinajstić information content (AvgIpc) is 3.66. The number of aryl methyl sites for hydroxylation is 2. The molecule has 0 saturated carbocycles. The van der Waals surface area contributed by atoms with Gasteiger partial charge in [0.25, 0.3) is 5.91 Å². The summed E-state index contributed by atoms with van der Waals surface area (Å²) in [7, 11) is 0. The van der Waals surface area contributed by atoms with Crippen molar-refractivity contribution in [2.45, 2.75) is 57.2 Å². The van der Waals surface area contributed by atoms with Gasteiger partial charge in [-0.2, -0.15) is 0 Å². The second-order valence-corrected chi connectivity index (χ2v) is 14.0. The standard InChI is InChI=1S/C33H40N4O6S2/c1-22-34-26(20-44-22)31(40)37-16-18-43-33(21-37)11-13-36(14-12-33)15-17-42-24-7-4-6-23(19-24)5-2-3-8-27(38)25-9-10-28(39)29-30(25)45-32(41)35-29/h4,6-7,9-10,19-20,27,38-39H,2-3,5,8,11-18,21H2,1H3,(H,35,41)/t27-/m0/s1. The highest BCUT2D eigenvalue weighted by Gasteiger charge is 2.41. The van der Waals surface area contributed by atoms with E-state index in [1.807, 2.05) is 29.3 Å². The number of carbonyl (C=O) groups is 1. The normalized spacial score (nSPS) is 17.6. The van der Waals surface area contributed by atoms with Crippen LogP contribution < -0.4 is 9.61 Å². The van der Waals surface area contributed by atoms with Crippen LogP contribution in [0.3, 0.4) is 0 Å². The summed E-state index contributed by atoms with van der Waals surface area (Å²) in [4.78, 5) is 35.8. The van der Waals surface area contributed by atoms with Crippen LogP contribution in [-0.4, -0.2) is 87.4 Å². The number of aromatic amines is 1. The number of piperidine rings is 1. The zero-order valence-electron chi connectivity index (χ0n) is 25.5. The molecule has 6 rings (SSSR count). The maximum atomic E-state index is 13.0. The van der Waals surface area contributed by atoms with Crippen LogP contribution >= 0.6 is 22.7 Å². The number of nitrogens with zero attached hydrogens (tertiary/aromatic N) is 3. The Morgan fingerprint density at radius 1 is 1.20 bits per heavy atom. The number of aliphatic hydroxyl groups is 1. The van der Waals surface area contributed by atoms with Crippen molar-refractivity contribution >= 4 is 38.8 Å². The molecule has 0 bridgehead atoms. The number of morpholine rings is 1. The van der Waals surface area contributed by atoms with Crippen LogP contribution in [0.2, 0.25) is 0 Å². The van der Waals surface area contributed by atoms with Gasteiger partial charge in [-0.1, -0.05) is 36.0 Å². The number of benzene rings is 2. The van der Waals surface area contributed by atoms with E-state index in [-0.39, 0.29) is 22.1 Å². The Balaban J connectivity index is 0.912. The number of nitrogens with one attached hydrogen (secondary N) is 1. The van der Waals surface area contributed by atoms with Crippen molar-refractivity contribution in [3.63, 3.8) is 0 Å². The number of aromatic hydroxyl groups is 1. The molecule has 4 aromatic rings. The van der Waals surface area contributed by atoms with Crippen molar-refractivity contribution in [2.75, 3.05) is 45.9 Å². The van der Waals surface area contributed by atoms with E-state index in [0.29, 0.717) is 54.2 Å². The fourth-order valence-electron chi connectivity index (χ4n) is 6.34. The van der Waals surface area contributed by atoms with Gasteiger partial charge in [-0.25, -0.2) is 4.98 Å². The van der Waals surface area contributed by atoms with Crippen molar-refractivity contribution < 1.29 is 24.5 Å². The Hall–Kier alpha value is -3.29. The monoisotopic (exact) mass is 652 g/mol. The minimum absolute atomic E-state index is 0.00492. The average molecular weight is 653 g/mol. The van der Waals surface area contributed by atoms with Crippen LogP contribution in [0.15, 0.2) is 46.6 Å². The molecular weight excluding hydrogens is 613 g/mol. The number of hydrogen-bond acceptors (Lipinski definition) is 10. The number of aliphatic hydroxyl groups excluding tert-OH is 1. The number of thiazole rings is 2. The molecule has 2 aliphatic rings. The highest BCUT2D eigenvalue weighted by molar-refractivity contribution is 7.16. The first-order valence-corrected chi connectivity index (χ1v) is 17.3. The number of unbranched alkanes of at least 4 members (excludes halogenated alkanes) is 1. The van der Waals surface area contributed by atoms with Gasteiger partial charge < -0.3 is 29.6 Å². The predicted molar refractivity (Wildman–Crippen MR) is 176 cm³/mol. The number of amides is 1. The number of likely N-dealkylation sites (tertiary alicyclic amines) is 1. The molecule has 10 nitrogen and oxygen atoms in total. The molecule has 240 valence electrons. The molecule has 1 amide bonds. The molecule has 2 aromatic heterocycles. The van der Waals surface area contributed by atoms with Gasteiger partial charge in [0.15, 0.2) is 0 Å². The molecule has 0 aliphatic carbocycles. The number of phenols is 1. The van der Waals surface area contributed by atoms with Crippen LogP contribution in [-0.2, 0) is 11.2 Å². The van der Waals surface area contributed by atoms with Crippen LogP contribution in [0.25, 0.3) is 10.2 Å². The third-order valence-electron chi connectivity index (χ3n) is 8.86. The van der Waals surface area contributed by atoms with Gasteiger partial charge in [0.1, 0.15) is 29.3 Å². The predicted octanol–water partition coefficient (Wildman–Crippen LogP) is 4.89. The molecule has 2 saturated heterocycles. The number of aromatic nitrogens is 2. The van der Waals surface area contributed by atoms with Gasteiger partial charge in [-0.3, -0.25) is 14.5 Å². The first-order chi connectivity index (χ1) is 21.8. The molecule has 0 unspecified atom stereocenters. The van der Waals surface area contributed by atoms with Gasteiger partial charge in [-0.15, -0.1) is 11.3 Å². The fraction of sp³-hybridized carbons (Fsp3) is 0.485. The SMILES string of the molecule is Cc1nc(C(=O)N2CCOC3(CCN(CCOc4cccc(CCCC[C@H](O)c5ccc(O)c6[nH]c(=O)sc56)c4)CC3)C2)cs1.